The molecule has 2 aliphatic rings. The van der Waals surface area contributed by atoms with Crippen LogP contribution >= 0.6 is 0 Å². The van der Waals surface area contributed by atoms with Gasteiger partial charge in [0.25, 0.3) is 0 Å². The van der Waals surface area contributed by atoms with E-state index in [-0.39, 0.29) is 0 Å². The third kappa shape index (κ3) is 1.31. The van der Waals surface area contributed by atoms with E-state index < -0.39 is 0 Å². The molecule has 0 unspecified atom stereocenters. The molecule has 0 atom stereocenters. The fourth-order valence-electron chi connectivity index (χ4n) is 2.48. The molecule has 0 amide bonds. The Hall–Kier alpha value is -0.0400. The number of nitrogens with one attached hydrogen (secondary N) is 1. The van der Waals surface area contributed by atoms with Gasteiger partial charge < -0.3 is 5.32 Å². The highest BCUT2D eigenvalue weighted by atomic mass is 14.9. The molecular formula is C10H19N. The van der Waals surface area contributed by atoms with Gasteiger partial charge in [-0.25, -0.2) is 0 Å². The summed E-state index contributed by atoms with van der Waals surface area (Å²) in [6.07, 6.45) is 7.45. The summed E-state index contributed by atoms with van der Waals surface area (Å²) in [5.41, 5.74) is 0.798. The molecule has 1 heteroatoms. The zero-order valence-electron chi connectivity index (χ0n) is 7.53. The van der Waals surface area contributed by atoms with Gasteiger partial charge in [0.2, 0.25) is 0 Å². The van der Waals surface area contributed by atoms with Crippen LogP contribution in [0.2, 0.25) is 0 Å². The van der Waals surface area contributed by atoms with Crippen molar-refractivity contribution in [3.63, 3.8) is 0 Å². The summed E-state index contributed by atoms with van der Waals surface area (Å²) in [5.74, 6) is 1.02. The molecular weight excluding hydrogens is 134 g/mol. The van der Waals surface area contributed by atoms with Crippen molar-refractivity contribution < 1.29 is 0 Å². The summed E-state index contributed by atoms with van der Waals surface area (Å²) in [4.78, 5) is 0. The van der Waals surface area contributed by atoms with Crippen LogP contribution in [-0.2, 0) is 0 Å². The van der Waals surface area contributed by atoms with E-state index in [9.17, 15) is 0 Å². The monoisotopic (exact) mass is 153 g/mol. The summed E-state index contributed by atoms with van der Waals surface area (Å²) in [7, 11) is 0. The van der Waals surface area contributed by atoms with E-state index in [1.54, 1.807) is 0 Å². The first-order valence-corrected chi connectivity index (χ1v) is 5.05. The summed E-state index contributed by atoms with van der Waals surface area (Å²) in [6.45, 7) is 4.95. The lowest BCUT2D eigenvalue weighted by Crippen LogP contribution is -2.46. The summed E-state index contributed by atoms with van der Waals surface area (Å²) >= 11 is 0. The second-order valence-corrected chi connectivity index (χ2v) is 4.44. The van der Waals surface area contributed by atoms with Crippen LogP contribution < -0.4 is 5.32 Å². The Morgan fingerprint density at radius 1 is 1.36 bits per heavy atom. The highest BCUT2D eigenvalue weighted by molar-refractivity contribution is 4.91. The van der Waals surface area contributed by atoms with E-state index in [0.29, 0.717) is 0 Å². The van der Waals surface area contributed by atoms with Gasteiger partial charge in [-0.3, -0.25) is 0 Å². The zero-order valence-corrected chi connectivity index (χ0v) is 7.53. The number of rotatable bonds is 3. The number of hydrogen-bond donors (Lipinski definition) is 1. The minimum Gasteiger partial charge on any atom is -0.316 e. The summed E-state index contributed by atoms with van der Waals surface area (Å²) in [5, 5.41) is 3.36. The Balaban J connectivity index is 1.81. The van der Waals surface area contributed by atoms with Crippen LogP contribution in [0.25, 0.3) is 0 Å². The van der Waals surface area contributed by atoms with Crippen molar-refractivity contribution in [1.29, 1.82) is 0 Å². The zero-order chi connectivity index (χ0) is 7.73. The van der Waals surface area contributed by atoms with Crippen LogP contribution in [0.1, 0.15) is 39.0 Å². The van der Waals surface area contributed by atoms with E-state index in [2.05, 4.69) is 12.2 Å². The van der Waals surface area contributed by atoms with Gasteiger partial charge in [0.15, 0.2) is 0 Å². The van der Waals surface area contributed by atoms with Gasteiger partial charge in [0.1, 0.15) is 0 Å². The average Bonchev–Trinajstić information content (AvgIpc) is 1.83. The minimum atomic E-state index is 0.798. The van der Waals surface area contributed by atoms with Crippen molar-refractivity contribution in [2.45, 2.75) is 39.0 Å². The fourth-order valence-corrected chi connectivity index (χ4v) is 2.48. The Morgan fingerprint density at radius 2 is 2.09 bits per heavy atom. The van der Waals surface area contributed by atoms with E-state index in [4.69, 9.17) is 0 Å². The number of hydrogen-bond acceptors (Lipinski definition) is 1. The van der Waals surface area contributed by atoms with Crippen molar-refractivity contribution in [1.82, 2.24) is 5.32 Å². The lowest BCUT2D eigenvalue weighted by Gasteiger charge is -2.45. The van der Waals surface area contributed by atoms with E-state index >= 15 is 0 Å². The van der Waals surface area contributed by atoms with Gasteiger partial charge in [-0.15, -0.1) is 0 Å². The third-order valence-electron chi connectivity index (χ3n) is 3.75. The highest BCUT2D eigenvalue weighted by Gasteiger charge is 2.38. The molecule has 0 aromatic rings. The van der Waals surface area contributed by atoms with Crippen LogP contribution in [0.4, 0.5) is 0 Å². The largest absolute Gasteiger partial charge is 0.316 e. The van der Waals surface area contributed by atoms with Crippen molar-refractivity contribution >= 4 is 0 Å². The minimum absolute atomic E-state index is 0.798. The predicted molar refractivity (Wildman–Crippen MR) is 47.6 cm³/mol. The van der Waals surface area contributed by atoms with Crippen LogP contribution in [-0.4, -0.2) is 13.1 Å². The fraction of sp³-hybridized carbons (Fsp3) is 1.00. The molecule has 11 heavy (non-hydrogen) atoms. The highest BCUT2D eigenvalue weighted by Crippen LogP contribution is 2.48. The van der Waals surface area contributed by atoms with Gasteiger partial charge >= 0.3 is 0 Å². The second-order valence-electron chi connectivity index (χ2n) is 4.44. The lowest BCUT2D eigenvalue weighted by atomic mass is 9.62. The molecule has 64 valence electrons. The molecule has 1 nitrogen and oxygen atoms in total. The Bertz CT molecular complexity index is 128. The Kier molecular flexibility index (Phi) is 1.92. The average molecular weight is 153 g/mol. The SMILES string of the molecule is CCC1(CC2CNC2)CCC1. The Labute approximate surface area is 69.6 Å². The first kappa shape index (κ1) is 7.60. The molecule has 0 spiro atoms. The third-order valence-corrected chi connectivity index (χ3v) is 3.75. The molecule has 1 N–H and O–H groups in total. The van der Waals surface area contributed by atoms with Crippen LogP contribution in [0.15, 0.2) is 0 Å². The molecule has 0 radical (unpaired) electrons. The lowest BCUT2D eigenvalue weighted by molar-refractivity contribution is 0.0727. The van der Waals surface area contributed by atoms with Crippen LogP contribution in [0.5, 0.6) is 0 Å². The van der Waals surface area contributed by atoms with Gasteiger partial charge in [-0.05, 0) is 43.7 Å². The van der Waals surface area contributed by atoms with Crippen molar-refractivity contribution in [3.8, 4) is 0 Å². The molecule has 0 bridgehead atoms. The summed E-state index contributed by atoms with van der Waals surface area (Å²) in [6, 6.07) is 0. The van der Waals surface area contributed by atoms with Crippen LogP contribution in [0, 0.1) is 11.3 Å². The van der Waals surface area contributed by atoms with Gasteiger partial charge in [-0.2, -0.15) is 0 Å². The maximum Gasteiger partial charge on any atom is -0.000805 e. The molecule has 1 aliphatic heterocycles. The standard InChI is InChI=1S/C10H19N/c1-2-10(4-3-5-10)6-9-7-11-8-9/h9,11H,2-8H2,1H3. The first-order valence-electron chi connectivity index (χ1n) is 5.05. The molecule has 2 rings (SSSR count). The molecule has 1 heterocycles. The maximum absolute atomic E-state index is 3.36. The maximum atomic E-state index is 3.36. The van der Waals surface area contributed by atoms with Crippen molar-refractivity contribution in [2.75, 3.05) is 13.1 Å². The topological polar surface area (TPSA) is 12.0 Å². The van der Waals surface area contributed by atoms with Crippen LogP contribution in [0.3, 0.4) is 0 Å². The Morgan fingerprint density at radius 3 is 2.36 bits per heavy atom. The molecule has 1 saturated heterocycles. The van der Waals surface area contributed by atoms with Gasteiger partial charge in [-0.1, -0.05) is 19.8 Å². The molecule has 0 aromatic heterocycles. The van der Waals surface area contributed by atoms with E-state index in [1.807, 2.05) is 0 Å². The van der Waals surface area contributed by atoms with Crippen molar-refractivity contribution in [3.05, 3.63) is 0 Å². The van der Waals surface area contributed by atoms with E-state index in [1.165, 1.54) is 45.2 Å². The summed E-state index contributed by atoms with van der Waals surface area (Å²) < 4.78 is 0. The quantitative estimate of drug-likeness (QED) is 0.655. The smallest absolute Gasteiger partial charge is 0.000805 e. The second kappa shape index (κ2) is 2.78. The molecule has 2 fully saturated rings. The predicted octanol–water partition coefficient (Wildman–Crippen LogP) is 2.18. The van der Waals surface area contributed by atoms with Crippen molar-refractivity contribution in [2.24, 2.45) is 11.3 Å². The molecule has 1 saturated carbocycles. The normalized spacial score (nSPS) is 29.2. The van der Waals surface area contributed by atoms with Gasteiger partial charge in [0, 0.05) is 0 Å². The van der Waals surface area contributed by atoms with E-state index in [0.717, 1.165) is 11.3 Å². The van der Waals surface area contributed by atoms with Gasteiger partial charge in [0.05, 0.1) is 0 Å². The molecule has 1 aliphatic carbocycles. The first-order chi connectivity index (χ1) is 5.35. The molecule has 0 aromatic carbocycles.